The van der Waals surface area contributed by atoms with E-state index in [2.05, 4.69) is 11.4 Å². The number of rotatable bonds is 7. The molecule has 2 aliphatic rings. The van der Waals surface area contributed by atoms with Gasteiger partial charge in [0.15, 0.2) is 0 Å². The molecule has 0 spiro atoms. The fraction of sp³-hybridized carbons (Fsp3) is 0.688. The molecule has 1 fully saturated rings. The van der Waals surface area contributed by atoms with Crippen molar-refractivity contribution in [1.82, 2.24) is 9.88 Å². The van der Waals surface area contributed by atoms with Crippen molar-refractivity contribution in [2.75, 3.05) is 13.7 Å². The van der Waals surface area contributed by atoms with Crippen LogP contribution < -0.4 is 10.9 Å². The molecule has 0 amide bonds. The molecule has 0 aliphatic heterocycles. The van der Waals surface area contributed by atoms with Gasteiger partial charge in [-0.3, -0.25) is 4.79 Å². The quantitative estimate of drug-likeness (QED) is 0.770. The topological polar surface area (TPSA) is 43.3 Å². The highest BCUT2D eigenvalue weighted by Crippen LogP contribution is 2.23. The number of ether oxygens (including phenoxy) is 1. The molecule has 0 radical (unpaired) electrons. The first-order chi connectivity index (χ1) is 9.79. The minimum absolute atomic E-state index is 0.204. The molecule has 0 aromatic carbocycles. The Labute approximate surface area is 120 Å². The van der Waals surface area contributed by atoms with Crippen molar-refractivity contribution >= 4 is 0 Å². The van der Waals surface area contributed by atoms with Crippen molar-refractivity contribution in [2.45, 2.75) is 57.7 Å². The summed E-state index contributed by atoms with van der Waals surface area (Å²) in [6.45, 7) is 2.22. The Balaban J connectivity index is 1.82. The van der Waals surface area contributed by atoms with Gasteiger partial charge < -0.3 is 14.6 Å². The lowest BCUT2D eigenvalue weighted by Crippen LogP contribution is -2.30. The van der Waals surface area contributed by atoms with Crippen LogP contribution in [0.4, 0.5) is 0 Å². The maximum atomic E-state index is 12.6. The van der Waals surface area contributed by atoms with Crippen LogP contribution in [0.25, 0.3) is 0 Å². The lowest BCUT2D eigenvalue weighted by atomic mass is 10.1. The third-order valence-corrected chi connectivity index (χ3v) is 4.31. The average molecular weight is 276 g/mol. The maximum Gasteiger partial charge on any atom is 0.255 e. The summed E-state index contributed by atoms with van der Waals surface area (Å²) in [7, 11) is 1.71. The summed E-state index contributed by atoms with van der Waals surface area (Å²) in [5.41, 5.74) is 3.79. The van der Waals surface area contributed by atoms with Gasteiger partial charge in [0.2, 0.25) is 0 Å². The highest BCUT2D eigenvalue weighted by molar-refractivity contribution is 5.30. The van der Waals surface area contributed by atoms with E-state index in [9.17, 15) is 4.79 Å². The Morgan fingerprint density at radius 2 is 2.25 bits per heavy atom. The second kappa shape index (κ2) is 6.10. The Bertz CT molecular complexity index is 532. The molecular weight excluding hydrogens is 252 g/mol. The van der Waals surface area contributed by atoms with E-state index in [1.165, 1.54) is 30.5 Å². The molecule has 0 bridgehead atoms. The third-order valence-electron chi connectivity index (χ3n) is 4.31. The van der Waals surface area contributed by atoms with Crippen molar-refractivity contribution in [1.29, 1.82) is 0 Å². The molecule has 0 atom stereocenters. The fourth-order valence-electron chi connectivity index (χ4n) is 3.05. The zero-order valence-corrected chi connectivity index (χ0v) is 12.3. The van der Waals surface area contributed by atoms with E-state index < -0.39 is 0 Å². The fourth-order valence-corrected chi connectivity index (χ4v) is 3.05. The van der Waals surface area contributed by atoms with Gasteiger partial charge in [0.25, 0.3) is 5.56 Å². The SMILES string of the molecule is COCCCn1c2c(cc(CNC3CC3)c1=O)CCC2. The predicted molar refractivity (Wildman–Crippen MR) is 79.1 cm³/mol. The van der Waals surface area contributed by atoms with Gasteiger partial charge in [0.05, 0.1) is 0 Å². The Morgan fingerprint density at radius 3 is 3.00 bits per heavy atom. The second-order valence-corrected chi connectivity index (χ2v) is 5.95. The van der Waals surface area contributed by atoms with E-state index in [0.29, 0.717) is 12.6 Å². The monoisotopic (exact) mass is 276 g/mol. The highest BCUT2D eigenvalue weighted by atomic mass is 16.5. The Kier molecular flexibility index (Phi) is 4.22. The van der Waals surface area contributed by atoms with Gasteiger partial charge in [0.1, 0.15) is 0 Å². The Hall–Kier alpha value is -1.13. The molecule has 1 saturated carbocycles. The van der Waals surface area contributed by atoms with Crippen LogP contribution in [0.5, 0.6) is 0 Å². The van der Waals surface area contributed by atoms with Gasteiger partial charge in [-0.15, -0.1) is 0 Å². The molecule has 20 heavy (non-hydrogen) atoms. The van der Waals surface area contributed by atoms with Gasteiger partial charge in [-0.05, 0) is 50.2 Å². The summed E-state index contributed by atoms with van der Waals surface area (Å²) in [6, 6.07) is 2.79. The number of aryl methyl sites for hydroxylation is 1. The van der Waals surface area contributed by atoms with Crippen molar-refractivity contribution < 1.29 is 4.74 Å². The molecule has 110 valence electrons. The molecule has 3 rings (SSSR count). The number of fused-ring (bicyclic) bond motifs is 1. The van der Waals surface area contributed by atoms with Gasteiger partial charge in [0, 0.05) is 44.1 Å². The van der Waals surface area contributed by atoms with E-state index in [1.54, 1.807) is 7.11 Å². The van der Waals surface area contributed by atoms with Crippen molar-refractivity contribution in [3.05, 3.63) is 33.2 Å². The smallest absolute Gasteiger partial charge is 0.255 e. The summed E-state index contributed by atoms with van der Waals surface area (Å²) in [6.07, 6.45) is 6.77. The predicted octanol–water partition coefficient (Wildman–Crippen LogP) is 1.63. The van der Waals surface area contributed by atoms with Gasteiger partial charge in [-0.1, -0.05) is 0 Å². The summed E-state index contributed by atoms with van der Waals surface area (Å²) in [5, 5.41) is 3.46. The Morgan fingerprint density at radius 1 is 1.40 bits per heavy atom. The van der Waals surface area contributed by atoms with Crippen LogP contribution in [0.15, 0.2) is 10.9 Å². The zero-order valence-electron chi connectivity index (χ0n) is 12.3. The lowest BCUT2D eigenvalue weighted by molar-refractivity contribution is 0.189. The zero-order chi connectivity index (χ0) is 13.9. The van der Waals surface area contributed by atoms with Crippen molar-refractivity contribution in [3.8, 4) is 0 Å². The van der Waals surface area contributed by atoms with Crippen molar-refractivity contribution in [3.63, 3.8) is 0 Å². The van der Waals surface area contributed by atoms with Crippen LogP contribution in [-0.2, 0) is 30.7 Å². The standard InChI is InChI=1S/C16H24N2O2/c1-20-9-3-8-18-15-5-2-4-12(15)10-13(16(18)19)11-17-14-6-7-14/h10,14,17H,2-9,11H2,1H3. The van der Waals surface area contributed by atoms with Crippen LogP contribution in [0.3, 0.4) is 0 Å². The molecule has 0 saturated heterocycles. The van der Waals surface area contributed by atoms with Crippen LogP contribution >= 0.6 is 0 Å². The third kappa shape index (κ3) is 2.96. The van der Waals surface area contributed by atoms with Gasteiger partial charge >= 0.3 is 0 Å². The van der Waals surface area contributed by atoms with Crippen LogP contribution in [0.1, 0.15) is 42.5 Å². The number of aromatic nitrogens is 1. The molecule has 0 unspecified atom stereocenters. The first-order valence-electron chi connectivity index (χ1n) is 7.76. The number of nitrogens with one attached hydrogen (secondary N) is 1. The highest BCUT2D eigenvalue weighted by Gasteiger charge is 2.22. The number of nitrogens with zero attached hydrogens (tertiary/aromatic N) is 1. The molecule has 1 heterocycles. The number of pyridine rings is 1. The van der Waals surface area contributed by atoms with Crippen molar-refractivity contribution in [2.24, 2.45) is 0 Å². The summed E-state index contributed by atoms with van der Waals surface area (Å²) < 4.78 is 7.12. The van der Waals surface area contributed by atoms with E-state index in [4.69, 9.17) is 4.74 Å². The van der Waals surface area contributed by atoms with E-state index >= 15 is 0 Å². The molecule has 4 heteroatoms. The van der Waals surface area contributed by atoms with Crippen LogP contribution in [-0.4, -0.2) is 24.3 Å². The maximum absolute atomic E-state index is 12.6. The first kappa shape index (κ1) is 13.8. The van der Waals surface area contributed by atoms with Crippen LogP contribution in [0.2, 0.25) is 0 Å². The summed E-state index contributed by atoms with van der Waals surface area (Å²) >= 11 is 0. The molecule has 1 aromatic rings. The van der Waals surface area contributed by atoms with Crippen LogP contribution in [0, 0.1) is 0 Å². The van der Waals surface area contributed by atoms with E-state index in [0.717, 1.165) is 37.9 Å². The lowest BCUT2D eigenvalue weighted by Gasteiger charge is -2.15. The summed E-state index contributed by atoms with van der Waals surface area (Å²) in [4.78, 5) is 12.6. The average Bonchev–Trinajstić information content (AvgIpc) is 3.16. The van der Waals surface area contributed by atoms with Gasteiger partial charge in [-0.25, -0.2) is 0 Å². The number of hydrogen-bond donors (Lipinski definition) is 1. The molecule has 4 nitrogen and oxygen atoms in total. The molecular formula is C16H24N2O2. The largest absolute Gasteiger partial charge is 0.385 e. The second-order valence-electron chi connectivity index (χ2n) is 5.95. The minimum atomic E-state index is 0.204. The molecule has 2 aliphatic carbocycles. The summed E-state index contributed by atoms with van der Waals surface area (Å²) in [5.74, 6) is 0. The van der Waals surface area contributed by atoms with E-state index in [1.807, 2.05) is 4.57 Å². The van der Waals surface area contributed by atoms with Gasteiger partial charge in [-0.2, -0.15) is 0 Å². The van der Waals surface area contributed by atoms with E-state index in [-0.39, 0.29) is 5.56 Å². The first-order valence-corrected chi connectivity index (χ1v) is 7.76. The number of methoxy groups -OCH3 is 1. The normalized spacial score (nSPS) is 17.4. The number of hydrogen-bond acceptors (Lipinski definition) is 3. The molecule has 1 aromatic heterocycles. The minimum Gasteiger partial charge on any atom is -0.385 e. The molecule has 1 N–H and O–H groups in total.